The number of anilines is 1. The number of halogens is 1. The highest BCUT2D eigenvalue weighted by Gasteiger charge is 2.27. The summed E-state index contributed by atoms with van der Waals surface area (Å²) < 4.78 is 13.0. The SMILES string of the molecule is COc1cc(-c2nc(N)c3cc(CCC(=O)O)c(C(C)(C)O)n3n2)ccc1Oc1cccc(Cl)c1. The summed E-state index contributed by atoms with van der Waals surface area (Å²) in [6.45, 7) is 3.23. The molecule has 2 heterocycles. The molecule has 0 spiro atoms. The van der Waals surface area contributed by atoms with Gasteiger partial charge in [0.05, 0.1) is 12.8 Å². The Bertz CT molecular complexity index is 1410. The number of ether oxygens (including phenoxy) is 2. The summed E-state index contributed by atoms with van der Waals surface area (Å²) in [7, 11) is 1.52. The zero-order chi connectivity index (χ0) is 25.3. The topological polar surface area (TPSA) is 132 Å². The number of carboxylic acids is 1. The Kier molecular flexibility index (Phi) is 6.56. The molecule has 2 aromatic carbocycles. The summed E-state index contributed by atoms with van der Waals surface area (Å²) in [5.74, 6) is 1.04. The number of carboxylic acid groups (broad SMARTS) is 1. The van der Waals surface area contributed by atoms with Gasteiger partial charge in [-0.1, -0.05) is 17.7 Å². The van der Waals surface area contributed by atoms with Crippen molar-refractivity contribution >= 4 is 28.9 Å². The van der Waals surface area contributed by atoms with E-state index in [-0.39, 0.29) is 18.7 Å². The van der Waals surface area contributed by atoms with Gasteiger partial charge in [0, 0.05) is 17.0 Å². The van der Waals surface area contributed by atoms with E-state index in [9.17, 15) is 9.90 Å². The molecule has 0 aliphatic carbocycles. The molecule has 4 rings (SSSR count). The van der Waals surface area contributed by atoms with Crippen LogP contribution >= 0.6 is 11.6 Å². The number of aliphatic hydroxyl groups is 1. The zero-order valence-corrected chi connectivity index (χ0v) is 20.2. The first-order chi connectivity index (χ1) is 16.6. The summed E-state index contributed by atoms with van der Waals surface area (Å²) in [6, 6.07) is 13.9. The van der Waals surface area contributed by atoms with Crippen molar-refractivity contribution in [2.75, 3.05) is 12.8 Å². The van der Waals surface area contributed by atoms with Gasteiger partial charge in [0.1, 0.15) is 16.9 Å². The molecule has 0 saturated heterocycles. The molecule has 0 aliphatic rings. The van der Waals surface area contributed by atoms with Crippen LogP contribution in [0.25, 0.3) is 16.9 Å². The number of hydrogen-bond acceptors (Lipinski definition) is 7. The third-order valence-electron chi connectivity index (χ3n) is 5.37. The Morgan fingerprint density at radius 1 is 1.17 bits per heavy atom. The molecule has 9 nitrogen and oxygen atoms in total. The number of aliphatic carboxylic acids is 1. The average Bonchev–Trinajstić information content (AvgIpc) is 3.17. The van der Waals surface area contributed by atoms with E-state index >= 15 is 0 Å². The van der Waals surface area contributed by atoms with E-state index in [0.717, 1.165) is 0 Å². The first-order valence-electron chi connectivity index (χ1n) is 10.8. The van der Waals surface area contributed by atoms with Gasteiger partial charge in [-0.2, -0.15) is 0 Å². The number of nitrogens with two attached hydrogens (primary N) is 1. The van der Waals surface area contributed by atoms with E-state index in [1.807, 2.05) is 0 Å². The van der Waals surface area contributed by atoms with E-state index in [1.54, 1.807) is 62.4 Å². The lowest BCUT2D eigenvalue weighted by molar-refractivity contribution is -0.136. The van der Waals surface area contributed by atoms with E-state index in [1.165, 1.54) is 11.6 Å². The Morgan fingerprint density at radius 2 is 1.94 bits per heavy atom. The highest BCUT2D eigenvalue weighted by Crippen LogP contribution is 2.36. The minimum Gasteiger partial charge on any atom is -0.493 e. The molecule has 35 heavy (non-hydrogen) atoms. The van der Waals surface area contributed by atoms with E-state index in [0.29, 0.717) is 50.4 Å². The van der Waals surface area contributed by atoms with Crippen molar-refractivity contribution in [3.05, 3.63) is 64.8 Å². The van der Waals surface area contributed by atoms with Crippen LogP contribution in [-0.2, 0) is 16.8 Å². The number of nitrogens with zero attached hydrogens (tertiary/aromatic N) is 3. The number of rotatable bonds is 8. The van der Waals surface area contributed by atoms with Crippen molar-refractivity contribution in [1.82, 2.24) is 14.6 Å². The van der Waals surface area contributed by atoms with E-state index in [2.05, 4.69) is 10.1 Å². The summed E-state index contributed by atoms with van der Waals surface area (Å²) in [5.41, 5.74) is 7.14. The van der Waals surface area contributed by atoms with E-state index in [4.69, 9.17) is 31.9 Å². The number of benzene rings is 2. The molecular formula is C25H25ClN4O5. The number of carbonyl (C=O) groups is 1. The van der Waals surface area contributed by atoms with Crippen LogP contribution in [0, 0.1) is 0 Å². The second-order valence-corrected chi connectivity index (χ2v) is 8.95. The van der Waals surface area contributed by atoms with Crippen molar-refractivity contribution in [3.8, 4) is 28.6 Å². The molecule has 0 aliphatic heterocycles. The van der Waals surface area contributed by atoms with Crippen LogP contribution in [0.5, 0.6) is 17.2 Å². The zero-order valence-electron chi connectivity index (χ0n) is 19.4. The maximum absolute atomic E-state index is 11.1. The maximum atomic E-state index is 11.1. The van der Waals surface area contributed by atoms with Gasteiger partial charge in [-0.05, 0) is 68.3 Å². The lowest BCUT2D eigenvalue weighted by atomic mass is 9.99. The Labute approximate surface area is 206 Å². The normalized spacial score (nSPS) is 11.6. The van der Waals surface area contributed by atoms with Gasteiger partial charge in [-0.15, -0.1) is 5.10 Å². The standard InChI is InChI=1S/C25H25ClN4O5/c1-25(2,33)22-14(8-10-21(31)32)11-18-23(27)28-24(29-30(18)22)15-7-9-19(20(12-15)34-3)35-17-6-4-5-16(26)13-17/h4-7,9,11-13,33H,8,10H2,1-3H3,(H,31,32)(H2,27,28,29). The lowest BCUT2D eigenvalue weighted by Crippen LogP contribution is -2.22. The van der Waals surface area contributed by atoms with Crippen LogP contribution in [0.4, 0.5) is 5.82 Å². The predicted octanol–water partition coefficient (Wildman–Crippen LogP) is 4.68. The number of methoxy groups -OCH3 is 1. The molecule has 2 aromatic heterocycles. The summed E-state index contributed by atoms with van der Waals surface area (Å²) in [6.07, 6.45) is 0.127. The highest BCUT2D eigenvalue weighted by molar-refractivity contribution is 6.30. The van der Waals surface area contributed by atoms with Gasteiger partial charge < -0.3 is 25.4 Å². The minimum absolute atomic E-state index is 0.0918. The first-order valence-corrected chi connectivity index (χ1v) is 11.2. The fourth-order valence-electron chi connectivity index (χ4n) is 3.88. The van der Waals surface area contributed by atoms with Crippen LogP contribution in [0.3, 0.4) is 0 Å². The summed E-state index contributed by atoms with van der Waals surface area (Å²) in [5, 5.41) is 25.1. The third kappa shape index (κ3) is 5.16. The number of hydrogen-bond donors (Lipinski definition) is 3. The van der Waals surface area contributed by atoms with Crippen LogP contribution in [0.2, 0.25) is 5.02 Å². The van der Waals surface area contributed by atoms with Crippen LogP contribution in [0.1, 0.15) is 31.5 Å². The molecule has 4 N–H and O–H groups in total. The predicted molar refractivity (Wildman–Crippen MR) is 132 cm³/mol. The lowest BCUT2D eigenvalue weighted by Gasteiger charge is -2.20. The molecule has 0 bridgehead atoms. The number of fused-ring (bicyclic) bond motifs is 1. The molecule has 0 amide bonds. The summed E-state index contributed by atoms with van der Waals surface area (Å²) >= 11 is 6.05. The van der Waals surface area contributed by atoms with Gasteiger partial charge in [-0.3, -0.25) is 4.79 Å². The fourth-order valence-corrected chi connectivity index (χ4v) is 4.06. The smallest absolute Gasteiger partial charge is 0.303 e. The molecule has 182 valence electrons. The second-order valence-electron chi connectivity index (χ2n) is 8.51. The van der Waals surface area contributed by atoms with Crippen LogP contribution in [0.15, 0.2) is 48.5 Å². The number of nitrogen functional groups attached to an aromatic ring is 1. The molecule has 0 fully saturated rings. The fraction of sp³-hybridized carbons (Fsp3) is 0.240. The van der Waals surface area contributed by atoms with Crippen molar-refractivity contribution in [2.24, 2.45) is 0 Å². The van der Waals surface area contributed by atoms with Crippen LogP contribution in [-0.4, -0.2) is 37.9 Å². The van der Waals surface area contributed by atoms with E-state index < -0.39 is 11.6 Å². The maximum Gasteiger partial charge on any atom is 0.303 e. The van der Waals surface area contributed by atoms with Crippen molar-refractivity contribution in [3.63, 3.8) is 0 Å². The van der Waals surface area contributed by atoms with Gasteiger partial charge in [0.15, 0.2) is 23.1 Å². The van der Waals surface area contributed by atoms with Gasteiger partial charge in [-0.25, -0.2) is 9.50 Å². The highest BCUT2D eigenvalue weighted by atomic mass is 35.5. The Morgan fingerprint density at radius 3 is 2.60 bits per heavy atom. The van der Waals surface area contributed by atoms with Gasteiger partial charge in [0.25, 0.3) is 0 Å². The third-order valence-corrected chi connectivity index (χ3v) is 5.61. The molecule has 0 unspecified atom stereocenters. The van der Waals surface area contributed by atoms with Gasteiger partial charge >= 0.3 is 5.97 Å². The molecule has 0 atom stereocenters. The van der Waals surface area contributed by atoms with Crippen molar-refractivity contribution in [1.29, 1.82) is 0 Å². The van der Waals surface area contributed by atoms with Crippen LogP contribution < -0.4 is 15.2 Å². The average molecular weight is 497 g/mol. The monoisotopic (exact) mass is 496 g/mol. The molecule has 4 aromatic rings. The molecule has 0 radical (unpaired) electrons. The number of aromatic nitrogens is 3. The summed E-state index contributed by atoms with van der Waals surface area (Å²) in [4.78, 5) is 15.6. The van der Waals surface area contributed by atoms with Crippen molar-refractivity contribution < 1.29 is 24.5 Å². The molecule has 0 saturated carbocycles. The number of aryl methyl sites for hydroxylation is 1. The van der Waals surface area contributed by atoms with Gasteiger partial charge in [0.2, 0.25) is 0 Å². The Balaban J connectivity index is 1.78. The largest absolute Gasteiger partial charge is 0.493 e. The van der Waals surface area contributed by atoms with Crippen molar-refractivity contribution in [2.45, 2.75) is 32.3 Å². The quantitative estimate of drug-likeness (QED) is 0.320. The first kappa shape index (κ1) is 24.3. The Hall–Kier alpha value is -3.82. The molecule has 10 heteroatoms. The second kappa shape index (κ2) is 9.44. The minimum atomic E-state index is -1.30. The molecular weight excluding hydrogens is 472 g/mol.